The predicted octanol–water partition coefficient (Wildman–Crippen LogP) is 1.08. The fourth-order valence-electron chi connectivity index (χ4n) is 1.75. The first-order valence-electron chi connectivity index (χ1n) is 6.02. The fraction of sp³-hybridized carbons (Fsp3) is 0.333. The number of aliphatic hydroxyl groups excluding tert-OH is 1. The third-order valence-corrected chi connectivity index (χ3v) is 2.90. The monoisotopic (exact) mass is 364 g/mol. The molecule has 1 atom stereocenters. The molecule has 1 aromatic heterocycles. The molecule has 0 aliphatic rings. The largest absolute Gasteiger partial charge is 0.447 e. The summed E-state index contributed by atoms with van der Waals surface area (Å²) in [5.74, 6) is 0.445. The van der Waals surface area contributed by atoms with Gasteiger partial charge in [-0.05, 0) is 17.7 Å². The van der Waals surface area contributed by atoms with Crippen LogP contribution in [0.2, 0.25) is 0 Å². The van der Waals surface area contributed by atoms with E-state index in [1.165, 1.54) is 4.90 Å². The number of hydrogen-bond acceptors (Lipinski definition) is 5. The van der Waals surface area contributed by atoms with Crippen molar-refractivity contribution in [3.05, 3.63) is 47.0 Å². The van der Waals surface area contributed by atoms with Gasteiger partial charge in [0.2, 0.25) is 0 Å². The second-order valence-corrected chi connectivity index (χ2v) is 4.45. The number of benzene rings is 1. The van der Waals surface area contributed by atoms with Crippen LogP contribution in [0.25, 0.3) is 5.73 Å². The van der Waals surface area contributed by atoms with Crippen LogP contribution >= 0.6 is 0 Å². The first-order chi connectivity index (χ1) is 9.56. The van der Waals surface area contributed by atoms with Crippen LogP contribution < -0.4 is 0 Å². The number of aromatic nitrogens is 4. The topological polar surface area (TPSA) is 119 Å². The number of urea groups is 1. The summed E-state index contributed by atoms with van der Waals surface area (Å²) in [5.41, 5.74) is 8.60. The minimum atomic E-state index is -0.730. The van der Waals surface area contributed by atoms with E-state index in [9.17, 15) is 9.90 Å². The number of tetrazole rings is 1. The molecule has 1 unspecified atom stereocenters. The van der Waals surface area contributed by atoms with E-state index in [0.717, 1.165) is 11.1 Å². The zero-order valence-electron chi connectivity index (χ0n) is 11.5. The number of amides is 2. The van der Waals surface area contributed by atoms with Crippen molar-refractivity contribution in [3.63, 3.8) is 0 Å². The maximum Gasteiger partial charge on any atom is 0.177 e. The molecule has 3 N–H and O–H groups in total. The Morgan fingerprint density at radius 2 is 2.10 bits per heavy atom. The molecule has 21 heavy (non-hydrogen) atoms. The van der Waals surface area contributed by atoms with Crippen molar-refractivity contribution >= 4 is 6.03 Å². The maximum absolute atomic E-state index is 10.8. The summed E-state index contributed by atoms with van der Waals surface area (Å²) in [6, 6.07) is 6.46. The molecule has 0 saturated carbocycles. The van der Waals surface area contributed by atoms with E-state index in [0.29, 0.717) is 12.4 Å². The maximum atomic E-state index is 10.8. The van der Waals surface area contributed by atoms with Crippen LogP contribution in [0, 0.1) is 0 Å². The van der Waals surface area contributed by atoms with Gasteiger partial charge in [0.25, 0.3) is 0 Å². The molecule has 1 heterocycles. The van der Waals surface area contributed by atoms with Gasteiger partial charge in [-0.2, -0.15) is 5.21 Å². The van der Waals surface area contributed by atoms with Gasteiger partial charge in [-0.25, -0.2) is 0 Å². The van der Waals surface area contributed by atoms with Gasteiger partial charge < -0.3 is 15.7 Å². The average Bonchev–Trinajstić information content (AvgIpc) is 2.92. The third-order valence-electron chi connectivity index (χ3n) is 2.90. The summed E-state index contributed by atoms with van der Waals surface area (Å²) in [7, 11) is 1.56. The summed E-state index contributed by atoms with van der Waals surface area (Å²) in [6.07, 6.45) is -0.432. The minimum absolute atomic E-state index is 0. The molecule has 2 amide bonds. The van der Waals surface area contributed by atoms with Crippen LogP contribution in [-0.2, 0) is 45.7 Å². The Morgan fingerprint density at radius 1 is 1.43 bits per heavy atom. The first-order valence-corrected chi connectivity index (χ1v) is 6.02. The number of aromatic amines is 1. The van der Waals surface area contributed by atoms with Crippen LogP contribution in [0.3, 0.4) is 0 Å². The van der Waals surface area contributed by atoms with Gasteiger partial charge in [-0.1, -0.05) is 36.5 Å². The second kappa shape index (κ2) is 8.16. The summed E-state index contributed by atoms with van der Waals surface area (Å²) in [5, 5.41) is 23.4. The predicted molar refractivity (Wildman–Crippen MR) is 70.5 cm³/mol. The summed E-state index contributed by atoms with van der Waals surface area (Å²) < 4.78 is 0. The SMILES string of the molecule is CN(Cc1ccc(C(O)Cc2nn[nH]n2)cc1)C([NH-])=O.[Y]. The average molecular weight is 364 g/mol. The number of H-pyrrole nitrogens is 1. The van der Waals surface area contributed by atoms with E-state index in [2.05, 4.69) is 20.6 Å². The summed E-state index contributed by atoms with van der Waals surface area (Å²) in [4.78, 5) is 12.1. The number of hydrogen-bond donors (Lipinski definition) is 2. The molecule has 0 aliphatic heterocycles. The molecule has 2 aromatic rings. The van der Waals surface area contributed by atoms with Gasteiger partial charge >= 0.3 is 0 Å². The molecule has 0 saturated heterocycles. The molecule has 1 radical (unpaired) electrons. The fourth-order valence-corrected chi connectivity index (χ4v) is 1.75. The minimum Gasteiger partial charge on any atom is -0.447 e. The molecule has 0 spiro atoms. The van der Waals surface area contributed by atoms with Crippen molar-refractivity contribution < 1.29 is 42.6 Å². The molecule has 1 aromatic carbocycles. The van der Waals surface area contributed by atoms with E-state index in [1.807, 2.05) is 12.1 Å². The summed E-state index contributed by atoms with van der Waals surface area (Å²) >= 11 is 0. The van der Waals surface area contributed by atoms with Crippen LogP contribution in [0.4, 0.5) is 4.79 Å². The quantitative estimate of drug-likeness (QED) is 0.823. The molecular formula is C12H15N6O2Y-. The third kappa shape index (κ3) is 5.15. The van der Waals surface area contributed by atoms with Crippen molar-refractivity contribution in [2.75, 3.05) is 7.05 Å². The van der Waals surface area contributed by atoms with Crippen molar-refractivity contribution in [2.24, 2.45) is 0 Å². The Bertz CT molecular complexity index is 560. The molecule has 2 rings (SSSR count). The number of carbonyl (C=O) groups excluding carboxylic acids is 1. The van der Waals surface area contributed by atoms with Crippen molar-refractivity contribution in [1.82, 2.24) is 25.5 Å². The van der Waals surface area contributed by atoms with Gasteiger partial charge in [-0.15, -0.1) is 10.2 Å². The van der Waals surface area contributed by atoms with Crippen LogP contribution in [-0.4, -0.2) is 43.7 Å². The molecule has 0 fully saturated rings. The van der Waals surface area contributed by atoms with Gasteiger partial charge in [0.1, 0.15) is 0 Å². The van der Waals surface area contributed by atoms with E-state index in [-0.39, 0.29) is 39.1 Å². The molecule has 8 nitrogen and oxygen atoms in total. The zero-order chi connectivity index (χ0) is 14.5. The van der Waals surface area contributed by atoms with Gasteiger partial charge in [0.15, 0.2) is 11.9 Å². The van der Waals surface area contributed by atoms with E-state index < -0.39 is 12.1 Å². The number of nitrogens with one attached hydrogen (secondary N) is 2. The second-order valence-electron chi connectivity index (χ2n) is 4.45. The standard InChI is InChI=1S/C12H16N6O2.Y/c1-18(12(13)20)7-8-2-4-9(5-3-8)10(19)6-11-14-16-17-15-11;/h2-5,10,19H,6-7H2,1H3,(H3,13,14,15,16,17,20);/p-1. The Hall–Kier alpha value is -1.38. The number of nitrogens with zero attached hydrogens (tertiary/aromatic N) is 4. The van der Waals surface area contributed by atoms with Crippen LogP contribution in [0.5, 0.6) is 0 Å². The Kier molecular flexibility index (Phi) is 6.87. The van der Waals surface area contributed by atoms with Crippen molar-refractivity contribution in [1.29, 1.82) is 0 Å². The van der Waals surface area contributed by atoms with E-state index >= 15 is 0 Å². The first kappa shape index (κ1) is 17.7. The molecule has 109 valence electrons. The number of carbonyl (C=O) groups is 1. The molecule has 0 bridgehead atoms. The van der Waals surface area contributed by atoms with Gasteiger partial charge in [-0.3, -0.25) is 4.79 Å². The smallest absolute Gasteiger partial charge is 0.177 e. The summed E-state index contributed by atoms with van der Waals surface area (Å²) in [6.45, 7) is 0.365. The van der Waals surface area contributed by atoms with E-state index in [1.54, 1.807) is 19.2 Å². The van der Waals surface area contributed by atoms with Crippen molar-refractivity contribution in [3.8, 4) is 0 Å². The van der Waals surface area contributed by atoms with Crippen LogP contribution in [0.15, 0.2) is 24.3 Å². The van der Waals surface area contributed by atoms with Gasteiger partial charge in [0.05, 0.1) is 6.10 Å². The number of aliphatic hydroxyl groups is 1. The Morgan fingerprint density at radius 3 is 2.62 bits per heavy atom. The molecular weight excluding hydrogens is 349 g/mol. The molecule has 0 aliphatic carbocycles. The Balaban J connectivity index is 0.00000220. The number of rotatable bonds is 5. The van der Waals surface area contributed by atoms with Crippen LogP contribution in [0.1, 0.15) is 23.1 Å². The molecule has 9 heteroatoms. The van der Waals surface area contributed by atoms with Gasteiger partial charge in [0, 0.05) is 39.1 Å². The zero-order valence-corrected chi connectivity index (χ0v) is 14.4. The Labute approximate surface area is 147 Å². The normalized spacial score (nSPS) is 11.5. The van der Waals surface area contributed by atoms with E-state index in [4.69, 9.17) is 5.73 Å². The van der Waals surface area contributed by atoms with Crippen molar-refractivity contribution in [2.45, 2.75) is 19.1 Å².